The molecule has 1 aliphatic carbocycles. The molecular formula is C13H21NO. The molecule has 2 nitrogen and oxygen atoms in total. The van der Waals surface area contributed by atoms with Gasteiger partial charge in [-0.3, -0.25) is 0 Å². The van der Waals surface area contributed by atoms with Crippen LogP contribution in [0.1, 0.15) is 70.4 Å². The van der Waals surface area contributed by atoms with Crippen LogP contribution in [0, 0.1) is 0 Å². The average molecular weight is 207 g/mol. The van der Waals surface area contributed by atoms with Crippen LogP contribution in [-0.4, -0.2) is 4.98 Å². The fourth-order valence-electron chi connectivity index (χ4n) is 2.17. The molecule has 0 bridgehead atoms. The molecule has 1 aromatic heterocycles. The van der Waals surface area contributed by atoms with E-state index in [1.54, 1.807) is 0 Å². The van der Waals surface area contributed by atoms with Gasteiger partial charge in [0.1, 0.15) is 5.76 Å². The monoisotopic (exact) mass is 207 g/mol. The molecule has 0 amide bonds. The van der Waals surface area contributed by atoms with Gasteiger partial charge in [-0.1, -0.05) is 40.0 Å². The third-order valence-corrected chi connectivity index (χ3v) is 3.22. The first-order chi connectivity index (χ1) is 7.07. The van der Waals surface area contributed by atoms with E-state index >= 15 is 0 Å². The molecule has 0 unspecified atom stereocenters. The van der Waals surface area contributed by atoms with Crippen molar-refractivity contribution >= 4 is 0 Å². The van der Waals surface area contributed by atoms with Gasteiger partial charge in [0.15, 0.2) is 5.89 Å². The fourth-order valence-corrected chi connectivity index (χ4v) is 2.17. The number of hydrogen-bond acceptors (Lipinski definition) is 2. The van der Waals surface area contributed by atoms with Crippen molar-refractivity contribution in [2.45, 2.75) is 64.2 Å². The Morgan fingerprint density at radius 2 is 1.87 bits per heavy atom. The van der Waals surface area contributed by atoms with Gasteiger partial charge in [0, 0.05) is 11.3 Å². The maximum Gasteiger partial charge on any atom is 0.197 e. The Bertz CT molecular complexity index is 316. The summed E-state index contributed by atoms with van der Waals surface area (Å²) in [6.45, 7) is 6.49. The van der Waals surface area contributed by atoms with Crippen molar-refractivity contribution in [3.63, 3.8) is 0 Å². The molecule has 0 aromatic carbocycles. The maximum atomic E-state index is 5.88. The quantitative estimate of drug-likeness (QED) is 0.695. The Morgan fingerprint density at radius 1 is 1.20 bits per heavy atom. The lowest BCUT2D eigenvalue weighted by atomic mass is 9.89. The maximum absolute atomic E-state index is 5.88. The van der Waals surface area contributed by atoms with E-state index in [4.69, 9.17) is 4.42 Å². The van der Waals surface area contributed by atoms with E-state index in [2.05, 4.69) is 25.8 Å². The van der Waals surface area contributed by atoms with Crippen molar-refractivity contribution < 1.29 is 4.42 Å². The molecule has 15 heavy (non-hydrogen) atoms. The van der Waals surface area contributed by atoms with E-state index in [0.717, 1.165) is 11.7 Å². The first-order valence-electron chi connectivity index (χ1n) is 6.03. The topological polar surface area (TPSA) is 26.0 Å². The summed E-state index contributed by atoms with van der Waals surface area (Å²) in [5, 5.41) is 0. The minimum Gasteiger partial charge on any atom is -0.445 e. The highest BCUT2D eigenvalue weighted by Gasteiger charge is 2.24. The van der Waals surface area contributed by atoms with Gasteiger partial charge >= 0.3 is 0 Å². The van der Waals surface area contributed by atoms with Crippen molar-refractivity contribution in [3.05, 3.63) is 17.8 Å². The zero-order valence-electron chi connectivity index (χ0n) is 10.0. The number of oxazole rings is 1. The van der Waals surface area contributed by atoms with Crippen molar-refractivity contribution in [2.75, 3.05) is 0 Å². The summed E-state index contributed by atoms with van der Waals surface area (Å²) in [7, 11) is 0. The predicted molar refractivity (Wildman–Crippen MR) is 61.0 cm³/mol. The summed E-state index contributed by atoms with van der Waals surface area (Å²) >= 11 is 0. The Hall–Kier alpha value is -0.790. The highest BCUT2D eigenvalue weighted by atomic mass is 16.4. The molecule has 0 atom stereocenters. The molecule has 1 aromatic rings. The fraction of sp³-hybridized carbons (Fsp3) is 0.769. The van der Waals surface area contributed by atoms with E-state index in [1.807, 2.05) is 6.20 Å². The number of nitrogens with zero attached hydrogens (tertiary/aromatic N) is 1. The minimum atomic E-state index is 0.0833. The number of hydrogen-bond donors (Lipinski definition) is 0. The summed E-state index contributed by atoms with van der Waals surface area (Å²) in [4.78, 5) is 4.44. The second-order valence-electron chi connectivity index (χ2n) is 5.65. The third kappa shape index (κ3) is 2.42. The van der Waals surface area contributed by atoms with Gasteiger partial charge < -0.3 is 4.42 Å². The van der Waals surface area contributed by atoms with Gasteiger partial charge in [0.05, 0.1) is 6.20 Å². The molecule has 1 fully saturated rings. The van der Waals surface area contributed by atoms with Gasteiger partial charge in [-0.05, 0) is 12.8 Å². The molecule has 2 heteroatoms. The molecule has 0 aliphatic heterocycles. The molecule has 1 aliphatic rings. The summed E-state index contributed by atoms with van der Waals surface area (Å²) in [6, 6.07) is 0. The van der Waals surface area contributed by atoms with Crippen molar-refractivity contribution in [1.29, 1.82) is 0 Å². The molecule has 1 heterocycles. The molecule has 1 saturated carbocycles. The van der Waals surface area contributed by atoms with Gasteiger partial charge in [0.25, 0.3) is 0 Å². The average Bonchev–Trinajstić information content (AvgIpc) is 2.67. The molecule has 0 radical (unpaired) electrons. The van der Waals surface area contributed by atoms with Gasteiger partial charge in [0.2, 0.25) is 0 Å². The molecule has 2 rings (SSSR count). The molecule has 84 valence electrons. The van der Waals surface area contributed by atoms with Crippen molar-refractivity contribution in [2.24, 2.45) is 0 Å². The third-order valence-electron chi connectivity index (χ3n) is 3.22. The lowest BCUT2D eigenvalue weighted by Gasteiger charge is -2.19. The zero-order chi connectivity index (χ0) is 10.9. The Balaban J connectivity index is 2.12. The first-order valence-corrected chi connectivity index (χ1v) is 6.03. The van der Waals surface area contributed by atoms with Crippen molar-refractivity contribution in [1.82, 2.24) is 4.98 Å². The molecular weight excluding hydrogens is 186 g/mol. The van der Waals surface area contributed by atoms with E-state index in [1.165, 1.54) is 32.1 Å². The van der Waals surface area contributed by atoms with Gasteiger partial charge in [-0.25, -0.2) is 4.98 Å². The minimum absolute atomic E-state index is 0.0833. The van der Waals surface area contributed by atoms with E-state index in [-0.39, 0.29) is 5.41 Å². The second kappa shape index (κ2) is 3.99. The standard InChI is InChI=1S/C13H21NO/c1-13(2,3)11-9-14-12(15-11)10-7-5-4-6-8-10/h9-10H,4-8H2,1-3H3. The Kier molecular flexibility index (Phi) is 2.85. The number of aromatic nitrogens is 1. The SMILES string of the molecule is CC(C)(C)c1cnc(C2CCCCC2)o1. The summed E-state index contributed by atoms with van der Waals surface area (Å²) in [5.41, 5.74) is 0.0833. The molecule has 0 saturated heterocycles. The van der Waals surface area contributed by atoms with Crippen molar-refractivity contribution in [3.8, 4) is 0 Å². The molecule has 0 spiro atoms. The lowest BCUT2D eigenvalue weighted by molar-refractivity contribution is 0.326. The second-order valence-corrected chi connectivity index (χ2v) is 5.65. The van der Waals surface area contributed by atoms with Crippen LogP contribution in [0.3, 0.4) is 0 Å². The summed E-state index contributed by atoms with van der Waals surface area (Å²) in [6.07, 6.45) is 8.46. The van der Waals surface area contributed by atoms with E-state index < -0.39 is 0 Å². The number of rotatable bonds is 1. The summed E-state index contributed by atoms with van der Waals surface area (Å²) < 4.78 is 5.88. The zero-order valence-corrected chi connectivity index (χ0v) is 10.0. The van der Waals surface area contributed by atoms with E-state index in [9.17, 15) is 0 Å². The Morgan fingerprint density at radius 3 is 2.40 bits per heavy atom. The van der Waals surface area contributed by atoms with Crippen LogP contribution in [0.25, 0.3) is 0 Å². The van der Waals surface area contributed by atoms with Gasteiger partial charge in [-0.15, -0.1) is 0 Å². The lowest BCUT2D eigenvalue weighted by Crippen LogP contribution is -2.09. The van der Waals surface area contributed by atoms with Crippen LogP contribution < -0.4 is 0 Å². The van der Waals surface area contributed by atoms with Crippen LogP contribution in [0.2, 0.25) is 0 Å². The normalized spacial score (nSPS) is 19.4. The van der Waals surface area contributed by atoms with E-state index in [0.29, 0.717) is 5.92 Å². The van der Waals surface area contributed by atoms with Crippen LogP contribution in [-0.2, 0) is 5.41 Å². The van der Waals surface area contributed by atoms with Crippen LogP contribution in [0.5, 0.6) is 0 Å². The van der Waals surface area contributed by atoms with Gasteiger partial charge in [-0.2, -0.15) is 0 Å². The highest BCUT2D eigenvalue weighted by molar-refractivity contribution is 5.08. The predicted octanol–water partition coefficient (Wildman–Crippen LogP) is 4.02. The smallest absolute Gasteiger partial charge is 0.197 e. The summed E-state index contributed by atoms with van der Waals surface area (Å²) in [5.74, 6) is 2.57. The largest absolute Gasteiger partial charge is 0.445 e. The van der Waals surface area contributed by atoms with Crippen LogP contribution >= 0.6 is 0 Å². The first kappa shape index (κ1) is 10.7. The highest BCUT2D eigenvalue weighted by Crippen LogP contribution is 2.34. The molecule has 0 N–H and O–H groups in total. The Labute approximate surface area is 92.1 Å². The van der Waals surface area contributed by atoms with Crippen LogP contribution in [0.4, 0.5) is 0 Å². The van der Waals surface area contributed by atoms with Crippen LogP contribution in [0.15, 0.2) is 10.6 Å².